The van der Waals surface area contributed by atoms with Gasteiger partial charge in [0.25, 0.3) is 0 Å². The van der Waals surface area contributed by atoms with E-state index in [1.54, 1.807) is 6.92 Å². The van der Waals surface area contributed by atoms with Crippen molar-refractivity contribution in [2.75, 3.05) is 17.8 Å². The van der Waals surface area contributed by atoms with E-state index < -0.39 is 12.0 Å². The first-order valence-electron chi connectivity index (χ1n) is 11.6. The number of hydrogen-bond acceptors (Lipinski definition) is 5. The predicted molar refractivity (Wildman–Crippen MR) is 137 cm³/mol. The molecule has 0 heterocycles. The number of carbonyl (C=O) groups is 3. The second-order valence-electron chi connectivity index (χ2n) is 8.19. The Bertz CT molecular complexity index is 769. The zero-order valence-electron chi connectivity index (χ0n) is 20.2. The number of unbranched alkanes of at least 4 members (excludes halogenated alkanes) is 7. The Morgan fingerprint density at radius 1 is 1.03 bits per heavy atom. The van der Waals surface area contributed by atoms with Crippen LogP contribution in [0.2, 0.25) is 0 Å². The molecule has 1 aromatic carbocycles. The van der Waals surface area contributed by atoms with Crippen LogP contribution in [0.25, 0.3) is 0 Å². The van der Waals surface area contributed by atoms with Gasteiger partial charge in [0, 0.05) is 10.9 Å². The number of nitrogens with zero attached hydrogens (tertiary/aromatic N) is 1. The number of methoxy groups -OCH3 is 1. The maximum Gasteiger partial charge on any atom is 0.328 e. The Morgan fingerprint density at radius 3 is 2.22 bits per heavy atom. The summed E-state index contributed by atoms with van der Waals surface area (Å²) in [5.41, 5.74) is 2.42. The number of amides is 1. The molecule has 180 valence electrons. The third-order valence-corrected chi connectivity index (χ3v) is 7.37. The highest BCUT2D eigenvalue weighted by Crippen LogP contribution is 2.33. The number of benzene rings is 1. The van der Waals surface area contributed by atoms with Gasteiger partial charge in [-0.2, -0.15) is 0 Å². The van der Waals surface area contributed by atoms with Gasteiger partial charge in [0.1, 0.15) is 6.04 Å². The number of thioether (sulfide) groups is 1. The van der Waals surface area contributed by atoms with E-state index >= 15 is 0 Å². The molecule has 0 fully saturated rings. The lowest BCUT2D eigenvalue weighted by atomic mass is 10.1. The van der Waals surface area contributed by atoms with Gasteiger partial charge in [0.2, 0.25) is 5.91 Å². The standard InChI is InChI=1S/C25H38BrNO4S/c1-6-7-8-9-10-11-12-13-14-23(29)32-17-22(28)27(20(4)25(30)31-5)24-18(2)15-16-21(26)19(24)3/h15-16,20H,6-14,17H2,1-5H3. The summed E-state index contributed by atoms with van der Waals surface area (Å²) in [6.45, 7) is 7.66. The summed E-state index contributed by atoms with van der Waals surface area (Å²) < 4.78 is 5.74. The van der Waals surface area contributed by atoms with Crippen molar-refractivity contribution in [3.8, 4) is 0 Å². The van der Waals surface area contributed by atoms with E-state index in [1.807, 2.05) is 26.0 Å². The van der Waals surface area contributed by atoms with Crippen molar-refractivity contribution in [2.45, 2.75) is 91.5 Å². The summed E-state index contributed by atoms with van der Waals surface area (Å²) in [6, 6.07) is 3.03. The molecule has 0 saturated carbocycles. The number of aryl methyl sites for hydroxylation is 1. The summed E-state index contributed by atoms with van der Waals surface area (Å²) in [7, 11) is 1.31. The SMILES string of the molecule is CCCCCCCCCCC(=O)SCC(=O)N(c1c(C)ccc(Br)c1C)C(C)C(=O)OC. The molecule has 0 N–H and O–H groups in total. The zero-order chi connectivity index (χ0) is 24.1. The maximum atomic E-state index is 13.2. The molecule has 7 heteroatoms. The molecule has 1 rings (SSSR count). The maximum absolute atomic E-state index is 13.2. The van der Waals surface area contributed by atoms with Gasteiger partial charge in [-0.3, -0.25) is 14.5 Å². The summed E-state index contributed by atoms with van der Waals surface area (Å²) in [5, 5.41) is 0.0256. The number of rotatable bonds is 14. The highest BCUT2D eigenvalue weighted by Gasteiger charge is 2.31. The van der Waals surface area contributed by atoms with E-state index in [2.05, 4.69) is 22.9 Å². The second kappa shape index (κ2) is 15.5. The van der Waals surface area contributed by atoms with Crippen molar-refractivity contribution < 1.29 is 19.1 Å². The fraction of sp³-hybridized carbons (Fsp3) is 0.640. The first-order valence-corrected chi connectivity index (χ1v) is 13.3. The van der Waals surface area contributed by atoms with Gasteiger partial charge in [0.05, 0.1) is 18.6 Å². The van der Waals surface area contributed by atoms with Crippen LogP contribution in [0, 0.1) is 13.8 Å². The molecule has 1 aromatic rings. The van der Waals surface area contributed by atoms with Crippen LogP contribution in [0.4, 0.5) is 5.69 Å². The molecule has 0 saturated heterocycles. The third-order valence-electron chi connectivity index (χ3n) is 5.60. The molecule has 1 atom stereocenters. The first kappa shape index (κ1) is 28.7. The van der Waals surface area contributed by atoms with Gasteiger partial charge in [-0.1, -0.05) is 85.6 Å². The Balaban J connectivity index is 2.68. The van der Waals surface area contributed by atoms with Crippen LogP contribution in [0.1, 0.15) is 82.8 Å². The van der Waals surface area contributed by atoms with Crippen molar-refractivity contribution in [3.05, 3.63) is 27.7 Å². The lowest BCUT2D eigenvalue weighted by molar-refractivity contribution is -0.142. The Kier molecular flexibility index (Phi) is 13.9. The molecule has 0 aromatic heterocycles. The van der Waals surface area contributed by atoms with Crippen molar-refractivity contribution in [1.82, 2.24) is 0 Å². The van der Waals surface area contributed by atoms with Crippen LogP contribution in [-0.2, 0) is 19.1 Å². The van der Waals surface area contributed by atoms with Crippen LogP contribution in [0.5, 0.6) is 0 Å². The van der Waals surface area contributed by atoms with E-state index in [9.17, 15) is 14.4 Å². The smallest absolute Gasteiger partial charge is 0.328 e. The van der Waals surface area contributed by atoms with Crippen molar-refractivity contribution >= 4 is 50.4 Å². The van der Waals surface area contributed by atoms with E-state index in [0.29, 0.717) is 12.1 Å². The van der Waals surface area contributed by atoms with E-state index in [4.69, 9.17) is 4.74 Å². The first-order chi connectivity index (χ1) is 15.2. The van der Waals surface area contributed by atoms with E-state index in [-0.39, 0.29) is 16.8 Å². The van der Waals surface area contributed by atoms with Crippen molar-refractivity contribution in [3.63, 3.8) is 0 Å². The zero-order valence-corrected chi connectivity index (χ0v) is 22.6. The van der Waals surface area contributed by atoms with E-state index in [0.717, 1.165) is 46.6 Å². The van der Waals surface area contributed by atoms with Crippen molar-refractivity contribution in [2.24, 2.45) is 0 Å². The summed E-state index contributed by atoms with van der Waals surface area (Å²) in [4.78, 5) is 39.2. The molecule has 1 amide bonds. The lowest BCUT2D eigenvalue weighted by Crippen LogP contribution is -2.45. The predicted octanol–water partition coefficient (Wildman–Crippen LogP) is 6.75. The summed E-state index contributed by atoms with van der Waals surface area (Å²) in [6.07, 6.45) is 9.90. The van der Waals surface area contributed by atoms with Crippen LogP contribution < -0.4 is 4.90 Å². The van der Waals surface area contributed by atoms with Gasteiger partial charge >= 0.3 is 5.97 Å². The summed E-state index contributed by atoms with van der Waals surface area (Å²) >= 11 is 4.55. The summed E-state index contributed by atoms with van der Waals surface area (Å²) in [5.74, 6) is -0.767. The normalized spacial score (nSPS) is 11.8. The fourth-order valence-corrected chi connectivity index (χ4v) is 4.71. The van der Waals surface area contributed by atoms with Gasteiger partial charge in [-0.15, -0.1) is 0 Å². The molecule has 0 aliphatic rings. The minimum Gasteiger partial charge on any atom is -0.467 e. The number of ether oxygens (including phenoxy) is 1. The number of esters is 1. The molecule has 5 nitrogen and oxygen atoms in total. The third kappa shape index (κ3) is 9.26. The number of hydrogen-bond donors (Lipinski definition) is 0. The Labute approximate surface area is 206 Å². The average molecular weight is 529 g/mol. The minimum atomic E-state index is -0.789. The average Bonchev–Trinajstić information content (AvgIpc) is 2.78. The number of carbonyl (C=O) groups excluding carboxylic acids is 3. The Hall–Kier alpha value is -1.34. The minimum absolute atomic E-state index is 0.00256. The fourth-order valence-electron chi connectivity index (χ4n) is 3.68. The lowest BCUT2D eigenvalue weighted by Gasteiger charge is -2.30. The van der Waals surface area contributed by atoms with Crippen LogP contribution in [-0.4, -0.2) is 35.9 Å². The van der Waals surface area contributed by atoms with Gasteiger partial charge in [-0.05, 0) is 44.4 Å². The molecular weight excluding hydrogens is 490 g/mol. The van der Waals surface area contributed by atoms with Gasteiger partial charge in [0.15, 0.2) is 5.12 Å². The quantitative estimate of drug-likeness (QED) is 0.197. The molecule has 32 heavy (non-hydrogen) atoms. The number of halogens is 1. The highest BCUT2D eigenvalue weighted by atomic mass is 79.9. The molecule has 1 unspecified atom stereocenters. The van der Waals surface area contributed by atoms with Gasteiger partial charge < -0.3 is 4.74 Å². The van der Waals surface area contributed by atoms with Gasteiger partial charge in [-0.25, -0.2) is 4.79 Å². The van der Waals surface area contributed by atoms with Crippen LogP contribution in [0.15, 0.2) is 16.6 Å². The molecule has 0 radical (unpaired) electrons. The molecule has 0 aliphatic carbocycles. The monoisotopic (exact) mass is 527 g/mol. The largest absolute Gasteiger partial charge is 0.467 e. The second-order valence-corrected chi connectivity index (χ2v) is 10.1. The topological polar surface area (TPSA) is 63.7 Å². The molecule has 0 spiro atoms. The highest BCUT2D eigenvalue weighted by molar-refractivity contribution is 9.10. The molecular formula is C25H38BrNO4S. The van der Waals surface area contributed by atoms with Crippen LogP contribution in [0.3, 0.4) is 0 Å². The molecule has 0 bridgehead atoms. The van der Waals surface area contributed by atoms with E-state index in [1.165, 1.54) is 44.1 Å². The number of anilines is 1. The Morgan fingerprint density at radius 2 is 1.62 bits per heavy atom. The molecule has 0 aliphatic heterocycles. The van der Waals surface area contributed by atoms with Crippen LogP contribution >= 0.6 is 27.7 Å². The van der Waals surface area contributed by atoms with Crippen molar-refractivity contribution in [1.29, 1.82) is 0 Å².